The third kappa shape index (κ3) is 3.80. The van der Waals surface area contributed by atoms with Crippen LogP contribution < -0.4 is 11.4 Å². The number of nitrogens with one attached hydrogen (secondary N) is 1. The monoisotopic (exact) mass is 365 g/mol. The Labute approximate surface area is 141 Å². The summed E-state index contributed by atoms with van der Waals surface area (Å²) in [6, 6.07) is 5.08. The lowest BCUT2D eigenvalue weighted by molar-refractivity contribution is 0.521. The third-order valence-corrected chi connectivity index (χ3v) is 3.63. The fourth-order valence-corrected chi connectivity index (χ4v) is 2.31. The lowest BCUT2D eigenvalue weighted by Crippen LogP contribution is -2.32. The zero-order chi connectivity index (χ0) is 15.8. The van der Waals surface area contributed by atoms with Crippen LogP contribution in [0.4, 0.5) is 5.82 Å². The van der Waals surface area contributed by atoms with Crippen LogP contribution in [0, 0.1) is 5.41 Å². The Hall–Kier alpha value is -1.01. The summed E-state index contributed by atoms with van der Waals surface area (Å²) in [5, 5.41) is 12.7. The van der Waals surface area contributed by atoms with Crippen LogP contribution in [0.25, 0.3) is 11.3 Å². The average Bonchev–Trinajstić information content (AvgIpc) is 2.35. The Morgan fingerprint density at radius 1 is 1.33 bits per heavy atom. The van der Waals surface area contributed by atoms with E-state index in [4.69, 9.17) is 57.5 Å². The van der Waals surface area contributed by atoms with Gasteiger partial charge in [-0.1, -0.05) is 58.5 Å². The molecule has 0 fully saturated rings. The number of hydrogen-bond acceptors (Lipinski definition) is 4. The van der Waals surface area contributed by atoms with Crippen molar-refractivity contribution in [2.75, 3.05) is 5.73 Å². The van der Waals surface area contributed by atoms with Gasteiger partial charge < -0.3 is 5.73 Å². The van der Waals surface area contributed by atoms with Crippen molar-refractivity contribution >= 4 is 52.2 Å². The first-order valence-corrected chi connectivity index (χ1v) is 7.31. The van der Waals surface area contributed by atoms with Gasteiger partial charge in [0.25, 0.3) is 0 Å². The molecule has 0 saturated heterocycles. The van der Waals surface area contributed by atoms with Crippen LogP contribution in [-0.4, -0.2) is 19.1 Å². The van der Waals surface area contributed by atoms with Gasteiger partial charge >= 0.3 is 0 Å². The maximum absolute atomic E-state index is 7.78. The molecule has 1 aromatic heterocycles. The molecule has 0 radical (unpaired) electrons. The first kappa shape index (κ1) is 16.4. The Bertz CT molecular complexity index is 735. The van der Waals surface area contributed by atoms with Gasteiger partial charge in [-0.25, -0.2) is 4.68 Å². The molecule has 5 nitrogen and oxygen atoms in total. The topological polar surface area (TPSA) is 80.6 Å². The molecule has 0 atom stereocenters. The number of nitrogens with zero attached hydrogens (tertiary/aromatic N) is 3. The van der Waals surface area contributed by atoms with Crippen molar-refractivity contribution in [1.29, 1.82) is 5.41 Å². The quantitative estimate of drug-likeness (QED) is 0.815. The Morgan fingerprint density at radius 3 is 2.62 bits per heavy atom. The molecule has 2 rings (SSSR count). The van der Waals surface area contributed by atoms with Crippen molar-refractivity contribution in [3.05, 3.63) is 33.9 Å². The largest absolute Gasteiger partial charge is 0.382 e. The van der Waals surface area contributed by atoms with Crippen molar-refractivity contribution in [2.45, 2.75) is 17.8 Å². The molecule has 1 heterocycles. The summed E-state index contributed by atoms with van der Waals surface area (Å²) < 4.78 is 0.156. The molecule has 0 aliphatic rings. The maximum Gasteiger partial charge on any atom is 0.240 e. The molecular weight excluding hydrogens is 356 g/mol. The molecule has 0 saturated carbocycles. The number of nitrogens with two attached hydrogens (primary N) is 1. The highest BCUT2D eigenvalue weighted by molar-refractivity contribution is 6.48. The van der Waals surface area contributed by atoms with Crippen molar-refractivity contribution in [2.24, 2.45) is 0 Å². The summed E-state index contributed by atoms with van der Waals surface area (Å²) in [4.78, 5) is 3.93. The highest BCUT2D eigenvalue weighted by Gasteiger charge is 2.20. The molecule has 0 aliphatic carbocycles. The molecule has 0 bridgehead atoms. The van der Waals surface area contributed by atoms with E-state index in [-0.39, 0.29) is 18.0 Å². The zero-order valence-electron chi connectivity index (χ0n) is 10.9. The minimum Gasteiger partial charge on any atom is -0.382 e. The Morgan fingerprint density at radius 2 is 2.00 bits per heavy atom. The molecule has 0 aliphatic heterocycles. The van der Waals surface area contributed by atoms with Gasteiger partial charge in [-0.15, -0.1) is 0 Å². The molecule has 0 unspecified atom stereocenters. The Kier molecular flexibility index (Phi) is 4.68. The molecular formula is C12H11Cl4N5. The number of anilines is 1. The molecule has 112 valence electrons. The smallest absolute Gasteiger partial charge is 0.240 e. The fourth-order valence-electron chi connectivity index (χ4n) is 1.70. The molecule has 3 N–H and O–H groups in total. The number of hydrogen-bond donors (Lipinski definition) is 2. The second kappa shape index (κ2) is 6.01. The second-order valence-electron chi connectivity index (χ2n) is 4.50. The van der Waals surface area contributed by atoms with Gasteiger partial charge in [0, 0.05) is 5.56 Å². The summed E-state index contributed by atoms with van der Waals surface area (Å²) in [5.41, 5.74) is 6.52. The molecule has 0 amide bonds. The fraction of sp³-hybridized carbons (Fsp3) is 0.250. The summed E-state index contributed by atoms with van der Waals surface area (Å²) in [6.07, 6.45) is 0. The van der Waals surface area contributed by atoms with Crippen molar-refractivity contribution in [3.8, 4) is 11.3 Å². The highest BCUT2D eigenvalue weighted by atomic mass is 35.5. The summed E-state index contributed by atoms with van der Waals surface area (Å²) in [5.74, 6) is 0.0752. The van der Waals surface area contributed by atoms with Crippen molar-refractivity contribution < 1.29 is 0 Å². The number of nitrogen functional groups attached to an aromatic ring is 1. The van der Waals surface area contributed by atoms with E-state index in [0.29, 0.717) is 21.3 Å². The van der Waals surface area contributed by atoms with Crippen LogP contribution in [0.15, 0.2) is 18.2 Å². The van der Waals surface area contributed by atoms with E-state index in [0.717, 1.165) is 0 Å². The first-order valence-electron chi connectivity index (χ1n) is 5.80. The standard InChI is InChI=1S/C12H11Cl4N5/c1-12(15,16)5-21-11(18)19-10(17)9(20-21)6-3-2-4-7(13)8(6)14/h2-4H,5H2,1H3,(H3,17,18,19). The van der Waals surface area contributed by atoms with Gasteiger partial charge in [0.2, 0.25) is 5.62 Å². The van der Waals surface area contributed by atoms with E-state index in [1.807, 2.05) is 0 Å². The predicted octanol–water partition coefficient (Wildman–Crippen LogP) is 3.51. The highest BCUT2D eigenvalue weighted by Crippen LogP contribution is 2.34. The number of halogens is 4. The van der Waals surface area contributed by atoms with E-state index in [1.165, 1.54) is 4.68 Å². The van der Waals surface area contributed by atoms with Gasteiger partial charge in [0.05, 0.1) is 16.6 Å². The third-order valence-electron chi connectivity index (χ3n) is 2.57. The number of benzene rings is 1. The van der Waals surface area contributed by atoms with Crippen LogP contribution in [0.3, 0.4) is 0 Å². The SMILES string of the molecule is CC(Cl)(Cl)Cn1nc(-c2cccc(Cl)c2Cl)c(N)nc1=N. The maximum atomic E-state index is 7.78. The minimum atomic E-state index is -1.10. The van der Waals surface area contributed by atoms with Gasteiger partial charge in [0.1, 0.15) is 10.0 Å². The molecule has 21 heavy (non-hydrogen) atoms. The number of alkyl halides is 2. The minimum absolute atomic E-state index is 0.0752. The van der Waals surface area contributed by atoms with E-state index in [2.05, 4.69) is 10.1 Å². The van der Waals surface area contributed by atoms with Crippen molar-refractivity contribution in [1.82, 2.24) is 14.8 Å². The molecule has 2 aromatic rings. The normalized spacial score (nSPS) is 11.7. The lowest BCUT2D eigenvalue weighted by atomic mass is 10.1. The summed E-state index contributed by atoms with van der Waals surface area (Å²) in [6.45, 7) is 1.67. The van der Waals surface area contributed by atoms with E-state index >= 15 is 0 Å². The molecule has 9 heteroatoms. The van der Waals surface area contributed by atoms with Crippen LogP contribution in [0.2, 0.25) is 10.0 Å². The lowest BCUT2D eigenvalue weighted by Gasteiger charge is -2.16. The Balaban J connectivity index is 2.62. The van der Waals surface area contributed by atoms with E-state index in [1.54, 1.807) is 25.1 Å². The zero-order valence-corrected chi connectivity index (χ0v) is 13.9. The van der Waals surface area contributed by atoms with Crippen molar-refractivity contribution in [3.63, 3.8) is 0 Å². The van der Waals surface area contributed by atoms with Crippen LogP contribution in [0.5, 0.6) is 0 Å². The second-order valence-corrected chi connectivity index (χ2v) is 7.15. The van der Waals surface area contributed by atoms with Gasteiger partial charge in [-0.2, -0.15) is 10.1 Å². The van der Waals surface area contributed by atoms with Crippen LogP contribution in [0.1, 0.15) is 6.92 Å². The van der Waals surface area contributed by atoms with E-state index < -0.39 is 4.33 Å². The number of rotatable bonds is 3. The van der Waals surface area contributed by atoms with Gasteiger partial charge in [-0.05, 0) is 13.0 Å². The van der Waals surface area contributed by atoms with Gasteiger partial charge in [0.15, 0.2) is 5.82 Å². The molecule has 1 aromatic carbocycles. The average molecular weight is 367 g/mol. The summed E-state index contributed by atoms with van der Waals surface area (Å²) in [7, 11) is 0. The molecule has 0 spiro atoms. The van der Waals surface area contributed by atoms with E-state index in [9.17, 15) is 0 Å². The first-order chi connectivity index (χ1) is 9.69. The number of aromatic nitrogens is 3. The van der Waals surface area contributed by atoms with Crippen LogP contribution in [-0.2, 0) is 6.54 Å². The van der Waals surface area contributed by atoms with Crippen LogP contribution >= 0.6 is 46.4 Å². The summed E-state index contributed by atoms with van der Waals surface area (Å²) >= 11 is 24.0. The predicted molar refractivity (Wildman–Crippen MR) is 85.9 cm³/mol. The van der Waals surface area contributed by atoms with Gasteiger partial charge in [-0.3, -0.25) is 5.41 Å².